The number of aliphatic hydroxyl groups is 2. The van der Waals surface area contributed by atoms with Crippen LogP contribution in [0.25, 0.3) is 0 Å². The van der Waals surface area contributed by atoms with Crippen molar-refractivity contribution in [3.05, 3.63) is 28.8 Å². The van der Waals surface area contributed by atoms with Crippen LogP contribution in [0.1, 0.15) is 127 Å². The summed E-state index contributed by atoms with van der Waals surface area (Å²) >= 11 is 6.23. The number of phenolic OH excluding ortho intramolecular Hbond substituents is 1. The number of amides is 9. The molecule has 78 heavy (non-hydrogen) atoms. The Kier molecular flexibility index (Phi) is 25.2. The summed E-state index contributed by atoms with van der Waals surface area (Å²) in [6.45, 7) is 16.3. The number of carbonyl (C=O) groups is 11. The second kappa shape index (κ2) is 30.0. The predicted octanol–water partition coefficient (Wildman–Crippen LogP) is -0.282. The number of nitrogens with one attached hydrogen (secondary N) is 7. The first-order chi connectivity index (χ1) is 36.4. The van der Waals surface area contributed by atoms with Gasteiger partial charge in [-0.25, -0.2) is 9.59 Å². The molecule has 13 atom stereocenters. The second-order valence-electron chi connectivity index (χ2n) is 20.8. The van der Waals surface area contributed by atoms with E-state index in [2.05, 4.69) is 37.2 Å². The summed E-state index contributed by atoms with van der Waals surface area (Å²) in [4.78, 5) is 155. The zero-order valence-electron chi connectivity index (χ0n) is 46.5. The van der Waals surface area contributed by atoms with Gasteiger partial charge in [-0.1, -0.05) is 59.2 Å². The van der Waals surface area contributed by atoms with Crippen LogP contribution in [0.3, 0.4) is 0 Å². The Morgan fingerprint density at radius 1 is 0.808 bits per heavy atom. The van der Waals surface area contributed by atoms with Crippen molar-refractivity contribution in [3.63, 3.8) is 0 Å². The number of halogens is 1. The van der Waals surface area contributed by atoms with Crippen LogP contribution < -0.4 is 37.2 Å². The highest BCUT2D eigenvalue weighted by molar-refractivity contribution is 6.32. The van der Waals surface area contributed by atoms with Crippen molar-refractivity contribution in [3.8, 4) is 5.75 Å². The molecule has 1 aromatic rings. The largest absolute Gasteiger partial charge is 0.506 e. The number of rotatable bonds is 19. The third kappa shape index (κ3) is 18.2. The molecule has 2 heterocycles. The summed E-state index contributed by atoms with van der Waals surface area (Å²) in [7, 11) is 1.20. The van der Waals surface area contributed by atoms with E-state index in [0.717, 1.165) is 4.90 Å². The van der Waals surface area contributed by atoms with Crippen LogP contribution in [0.5, 0.6) is 5.75 Å². The van der Waals surface area contributed by atoms with E-state index < -0.39 is 150 Å². The summed E-state index contributed by atoms with van der Waals surface area (Å²) in [5, 5.41) is 50.3. The van der Waals surface area contributed by atoms with Gasteiger partial charge in [0.2, 0.25) is 53.2 Å². The fourth-order valence-electron chi connectivity index (χ4n) is 8.77. The fraction of sp³-hybridized carbons (Fsp3) is 0.673. The minimum absolute atomic E-state index is 0.0657. The van der Waals surface area contributed by atoms with E-state index in [0.29, 0.717) is 23.3 Å². The van der Waals surface area contributed by atoms with E-state index >= 15 is 0 Å². The van der Waals surface area contributed by atoms with Gasteiger partial charge in [-0.05, 0) is 96.3 Å². The average Bonchev–Trinajstić information content (AvgIpc) is 3.35. The number of ether oxygens (including phenoxy) is 2. The third-order valence-electron chi connectivity index (χ3n) is 13.2. The Morgan fingerprint density at radius 2 is 1.41 bits per heavy atom. The lowest BCUT2D eigenvalue weighted by Gasteiger charge is -2.43. The first kappa shape index (κ1) is 65.7. The molecule has 1 aromatic carbocycles. The first-order valence-electron chi connectivity index (χ1n) is 26.4. The summed E-state index contributed by atoms with van der Waals surface area (Å²) in [5.74, 6) is -11.7. The van der Waals surface area contributed by atoms with E-state index in [-0.39, 0.29) is 55.2 Å². The minimum atomic E-state index is -1.96. The first-order valence-corrected chi connectivity index (χ1v) is 26.8. The molecule has 0 aromatic heterocycles. The Hall–Kier alpha value is -6.60. The number of hydrogen-bond donors (Lipinski definition) is 10. The molecule has 25 nitrogen and oxygen atoms in total. The molecule has 2 saturated heterocycles. The number of carbonyl (C=O) groups excluding carboxylic acids is 11. The van der Waals surface area contributed by atoms with Crippen molar-refractivity contribution in [2.24, 2.45) is 11.8 Å². The molecule has 0 saturated carbocycles. The number of aromatic hydroxyl groups is 1. The minimum Gasteiger partial charge on any atom is -0.506 e. The van der Waals surface area contributed by atoms with Gasteiger partial charge in [0.1, 0.15) is 78.6 Å². The van der Waals surface area contributed by atoms with E-state index in [9.17, 15) is 68.1 Å². The van der Waals surface area contributed by atoms with Gasteiger partial charge < -0.3 is 71.8 Å². The highest BCUT2D eigenvalue weighted by Gasteiger charge is 2.48. The maximum atomic E-state index is 14.8. The Bertz CT molecular complexity index is 2350. The standard InChI is InChI=1S/C52H80ClN9O16/c1-13-15-37(65)54-26(7)44(68)59-42(29(10)77-51(75)27(8)55-38(66)16-14-2)48(72)60-41-30(11)78-52(76)40(25(5)6)58-46(70)35(23-31-17-19-36(64)32(53)22-31)61(12)50(74)43(28(9)63)62-39(67)20-18-33(49(62)73)56-45(69)34(21-24(3)4)57-47(41)71/h17,19,22,24-30,33-35,39-43,63-64,67H,13-16,18,20-21,23H2,1-12H3,(H,54,65)(H,55,66)(H,56,69)(H,57,71)(H,58,70)(H,59,68)(H,60,72)/t26-,27-,28+,29+,30+,33+,34-,35-,39-,40?,41-,42-,43-/m0/s1. The van der Waals surface area contributed by atoms with Crippen molar-refractivity contribution in [2.75, 3.05) is 7.05 Å². The zero-order valence-corrected chi connectivity index (χ0v) is 47.2. The molecular weight excluding hydrogens is 1040 g/mol. The molecule has 2 bridgehead atoms. The molecule has 0 aliphatic carbocycles. The molecular formula is C52H80ClN9O16. The quantitative estimate of drug-likeness (QED) is 0.0797. The molecule has 9 amide bonds. The van der Waals surface area contributed by atoms with Crippen LogP contribution in [-0.4, -0.2) is 176 Å². The van der Waals surface area contributed by atoms with E-state index in [1.165, 1.54) is 73.7 Å². The molecule has 3 rings (SSSR count). The molecule has 10 N–H and O–H groups in total. The van der Waals surface area contributed by atoms with Crippen LogP contribution in [0.2, 0.25) is 5.02 Å². The number of benzene rings is 1. The smallest absolute Gasteiger partial charge is 0.329 e. The lowest BCUT2D eigenvalue weighted by molar-refractivity contribution is -0.170. The number of aliphatic hydroxyl groups excluding tert-OH is 2. The van der Waals surface area contributed by atoms with Crippen molar-refractivity contribution in [1.82, 2.24) is 47.0 Å². The van der Waals surface area contributed by atoms with Crippen LogP contribution in [0.4, 0.5) is 0 Å². The maximum Gasteiger partial charge on any atom is 0.329 e. The van der Waals surface area contributed by atoms with Crippen molar-refractivity contribution >= 4 is 76.7 Å². The van der Waals surface area contributed by atoms with Gasteiger partial charge in [0, 0.05) is 26.3 Å². The summed E-state index contributed by atoms with van der Waals surface area (Å²) in [5.41, 5.74) is 0.307. The molecule has 1 unspecified atom stereocenters. The van der Waals surface area contributed by atoms with Crippen molar-refractivity contribution in [2.45, 2.75) is 206 Å². The number of phenols is 1. The number of likely N-dealkylation sites (N-methyl/N-ethyl adjacent to an activating group) is 1. The van der Waals surface area contributed by atoms with Gasteiger partial charge in [0.15, 0.2) is 0 Å². The number of nitrogens with zero attached hydrogens (tertiary/aromatic N) is 2. The molecule has 26 heteroatoms. The molecule has 0 spiro atoms. The molecule has 2 aliphatic rings. The average molecular weight is 1120 g/mol. The summed E-state index contributed by atoms with van der Waals surface area (Å²) in [6.07, 6.45) is -6.35. The maximum absolute atomic E-state index is 14.8. The van der Waals surface area contributed by atoms with Crippen LogP contribution in [0, 0.1) is 11.8 Å². The lowest BCUT2D eigenvalue weighted by atomic mass is 9.96. The number of piperidine rings is 1. The molecule has 2 aliphatic heterocycles. The number of cyclic esters (lactones) is 1. The normalized spacial score (nSPS) is 24.8. The highest BCUT2D eigenvalue weighted by Crippen LogP contribution is 2.27. The predicted molar refractivity (Wildman–Crippen MR) is 281 cm³/mol. The Balaban J connectivity index is 2.26. The molecule has 2 fully saturated rings. The second-order valence-corrected chi connectivity index (χ2v) is 21.2. The molecule has 0 radical (unpaired) electrons. The van der Waals surface area contributed by atoms with Crippen LogP contribution in [-0.2, 0) is 68.6 Å². The Labute approximate surface area is 459 Å². The monoisotopic (exact) mass is 1120 g/mol. The Morgan fingerprint density at radius 3 is 1.96 bits per heavy atom. The van der Waals surface area contributed by atoms with Crippen molar-refractivity contribution in [1.29, 1.82) is 0 Å². The van der Waals surface area contributed by atoms with Crippen LogP contribution in [0.15, 0.2) is 18.2 Å². The van der Waals surface area contributed by atoms with Gasteiger partial charge >= 0.3 is 11.9 Å². The number of esters is 2. The SMILES string of the molecule is CCCC(=O)N[C@@H](C)C(=O)N[C@H](C(=O)N[C@@H]1C(=O)N[C@@H](CC(C)C)C(=O)N[C@@H]2CC[C@H](O)N(C2=O)[C@@H]([C@@H](C)O)C(=O)N(C)[C@@H](Cc2ccc(O)c(Cl)c2)C(=O)NC(C(C)C)C(=O)O[C@@H]1C)[C@@H](C)OC(=O)[C@H](C)NC(=O)CCC. The molecule has 436 valence electrons. The van der Waals surface area contributed by atoms with Gasteiger partial charge in [0.25, 0.3) is 0 Å². The van der Waals surface area contributed by atoms with Gasteiger partial charge in [0.05, 0.1) is 11.1 Å². The van der Waals surface area contributed by atoms with Gasteiger partial charge in [-0.2, -0.15) is 0 Å². The van der Waals surface area contributed by atoms with Gasteiger partial charge in [-0.15, -0.1) is 0 Å². The van der Waals surface area contributed by atoms with Crippen LogP contribution >= 0.6 is 11.6 Å². The van der Waals surface area contributed by atoms with E-state index in [1.807, 2.05) is 0 Å². The summed E-state index contributed by atoms with van der Waals surface area (Å²) in [6, 6.07) is -10.2. The lowest BCUT2D eigenvalue weighted by Crippen LogP contribution is -2.67. The zero-order chi connectivity index (χ0) is 59.0. The number of hydrogen-bond acceptors (Lipinski definition) is 16. The van der Waals surface area contributed by atoms with E-state index in [4.69, 9.17) is 21.1 Å². The third-order valence-corrected chi connectivity index (χ3v) is 13.5. The van der Waals surface area contributed by atoms with E-state index in [1.54, 1.807) is 27.7 Å². The fourth-order valence-corrected chi connectivity index (χ4v) is 8.97. The van der Waals surface area contributed by atoms with Crippen molar-refractivity contribution < 1.29 is 77.5 Å². The van der Waals surface area contributed by atoms with Gasteiger partial charge in [-0.3, -0.25) is 43.2 Å². The summed E-state index contributed by atoms with van der Waals surface area (Å²) < 4.78 is 11.5. The number of fused-ring (bicyclic) bond motifs is 2. The topological polar surface area (TPSA) is 358 Å². The highest BCUT2D eigenvalue weighted by atomic mass is 35.5.